The molecule has 0 atom stereocenters. The van der Waals surface area contributed by atoms with Crippen molar-refractivity contribution in [2.75, 3.05) is 9.44 Å². The van der Waals surface area contributed by atoms with Crippen molar-refractivity contribution in [3.05, 3.63) is 87.4 Å². The van der Waals surface area contributed by atoms with Crippen molar-refractivity contribution in [2.24, 2.45) is 0 Å². The molecule has 0 aliphatic carbocycles. The van der Waals surface area contributed by atoms with Crippen LogP contribution in [-0.2, 0) is 26.2 Å². The molecular weight excluding hydrogens is 523 g/mol. The van der Waals surface area contributed by atoms with E-state index in [1.54, 1.807) is 0 Å². The highest BCUT2D eigenvalue weighted by Gasteiger charge is 2.33. The fourth-order valence-electron chi connectivity index (χ4n) is 2.68. The Morgan fingerprint density at radius 1 is 0.765 bits per heavy atom. The Balaban J connectivity index is 1.79. The molecule has 0 heterocycles. The van der Waals surface area contributed by atoms with Crippen LogP contribution in [0, 0.1) is 10.1 Å². The predicted octanol–water partition coefficient (Wildman–Crippen LogP) is 4.87. The molecule has 0 saturated carbocycles. The van der Waals surface area contributed by atoms with Gasteiger partial charge in [0.1, 0.15) is 0 Å². The Kier molecular flexibility index (Phi) is 6.78. The number of anilines is 2. The first-order valence-corrected chi connectivity index (χ1v) is 12.3. The molecule has 34 heavy (non-hydrogen) atoms. The molecule has 0 amide bonds. The molecule has 9 nitrogen and oxygen atoms in total. The highest BCUT2D eigenvalue weighted by molar-refractivity contribution is 7.93. The average molecular weight is 536 g/mol. The number of sulfonamides is 2. The number of nitrogens with one attached hydrogen (secondary N) is 2. The molecule has 0 spiro atoms. The minimum atomic E-state index is -4.79. The van der Waals surface area contributed by atoms with Crippen molar-refractivity contribution in [1.82, 2.24) is 0 Å². The Bertz CT molecular complexity index is 1440. The van der Waals surface area contributed by atoms with Gasteiger partial charge in [-0.05, 0) is 54.6 Å². The lowest BCUT2D eigenvalue weighted by atomic mass is 10.2. The second kappa shape index (κ2) is 9.12. The second-order valence-electron chi connectivity index (χ2n) is 6.68. The third-order valence-electron chi connectivity index (χ3n) is 4.30. The minimum absolute atomic E-state index is 0.0249. The number of rotatable bonds is 7. The first kappa shape index (κ1) is 25.3. The third-order valence-corrected chi connectivity index (χ3v) is 7.42. The molecule has 0 fully saturated rings. The number of nitrogens with zero attached hydrogens (tertiary/aromatic N) is 1. The molecule has 0 bridgehead atoms. The lowest BCUT2D eigenvalue weighted by Crippen LogP contribution is -2.15. The van der Waals surface area contributed by atoms with Crippen LogP contribution >= 0.6 is 11.6 Å². The third kappa shape index (κ3) is 5.76. The van der Waals surface area contributed by atoms with Gasteiger partial charge in [0.25, 0.3) is 25.7 Å². The fraction of sp³-hybridized carbons (Fsp3) is 0.0526. The van der Waals surface area contributed by atoms with Gasteiger partial charge in [-0.3, -0.25) is 19.6 Å². The van der Waals surface area contributed by atoms with Crippen LogP contribution in [0.2, 0.25) is 5.02 Å². The molecule has 180 valence electrons. The fourth-order valence-corrected chi connectivity index (χ4v) is 5.02. The molecule has 3 rings (SSSR count). The van der Waals surface area contributed by atoms with Crippen LogP contribution in [0.3, 0.4) is 0 Å². The minimum Gasteiger partial charge on any atom is -0.280 e. The van der Waals surface area contributed by atoms with E-state index in [2.05, 4.69) is 4.72 Å². The van der Waals surface area contributed by atoms with Crippen LogP contribution in [0.5, 0.6) is 0 Å². The van der Waals surface area contributed by atoms with Crippen LogP contribution < -0.4 is 9.44 Å². The quantitative estimate of drug-likeness (QED) is 0.327. The van der Waals surface area contributed by atoms with Crippen molar-refractivity contribution >= 4 is 48.7 Å². The normalized spacial score (nSPS) is 12.2. The number of alkyl halides is 3. The molecule has 0 aliphatic heterocycles. The largest absolute Gasteiger partial charge is 0.417 e. The number of halogens is 4. The summed E-state index contributed by atoms with van der Waals surface area (Å²) in [4.78, 5) is 9.38. The van der Waals surface area contributed by atoms with E-state index in [9.17, 15) is 40.1 Å². The number of benzene rings is 3. The SMILES string of the molecule is O=[N+]([O-])c1ccc(S(=O)(=O)Nc2ccc(S(=O)(=O)Nc3ccc(Cl)c(C(F)(F)F)c3)cc2)cc1. The Morgan fingerprint density at radius 2 is 1.21 bits per heavy atom. The zero-order valence-electron chi connectivity index (χ0n) is 16.6. The summed E-state index contributed by atoms with van der Waals surface area (Å²) in [6.45, 7) is 0. The van der Waals surface area contributed by atoms with Crippen molar-refractivity contribution in [3.63, 3.8) is 0 Å². The Morgan fingerprint density at radius 3 is 1.68 bits per heavy atom. The number of nitro groups is 1. The highest BCUT2D eigenvalue weighted by atomic mass is 35.5. The molecule has 0 saturated heterocycles. The summed E-state index contributed by atoms with van der Waals surface area (Å²) in [5, 5.41) is 10.1. The van der Waals surface area contributed by atoms with Gasteiger partial charge in [0.05, 0.1) is 25.3 Å². The van der Waals surface area contributed by atoms with E-state index in [4.69, 9.17) is 11.6 Å². The van der Waals surface area contributed by atoms with Gasteiger partial charge in [0.15, 0.2) is 0 Å². The lowest BCUT2D eigenvalue weighted by molar-refractivity contribution is -0.384. The van der Waals surface area contributed by atoms with Crippen LogP contribution in [0.25, 0.3) is 0 Å². The monoisotopic (exact) mass is 535 g/mol. The van der Waals surface area contributed by atoms with Crippen LogP contribution in [0.1, 0.15) is 5.56 Å². The van der Waals surface area contributed by atoms with Crippen LogP contribution in [0.15, 0.2) is 76.5 Å². The van der Waals surface area contributed by atoms with Gasteiger partial charge < -0.3 is 0 Å². The van der Waals surface area contributed by atoms with E-state index in [-0.39, 0.29) is 26.9 Å². The van der Waals surface area contributed by atoms with Crippen molar-refractivity contribution in [3.8, 4) is 0 Å². The lowest BCUT2D eigenvalue weighted by Gasteiger charge is -2.13. The van der Waals surface area contributed by atoms with Gasteiger partial charge in [-0.15, -0.1) is 0 Å². The second-order valence-corrected chi connectivity index (χ2v) is 10.5. The Labute approximate surface area is 196 Å². The van der Waals surface area contributed by atoms with Crippen LogP contribution in [-0.4, -0.2) is 21.8 Å². The molecule has 3 aromatic rings. The molecule has 15 heteroatoms. The molecule has 0 radical (unpaired) electrons. The highest BCUT2D eigenvalue weighted by Crippen LogP contribution is 2.36. The molecule has 0 aromatic heterocycles. The first-order valence-electron chi connectivity index (χ1n) is 8.96. The number of non-ortho nitro benzene ring substituents is 1. The number of nitro benzene ring substituents is 1. The van der Waals surface area contributed by atoms with Gasteiger partial charge in [0, 0.05) is 23.5 Å². The maximum Gasteiger partial charge on any atom is 0.417 e. The van der Waals surface area contributed by atoms with E-state index >= 15 is 0 Å². The molecular formula is C19H13ClF3N3O6S2. The summed E-state index contributed by atoms with van der Waals surface area (Å²) in [5.41, 5.74) is -1.92. The van der Waals surface area contributed by atoms with Crippen molar-refractivity contribution in [1.29, 1.82) is 0 Å². The molecule has 0 unspecified atom stereocenters. The van der Waals surface area contributed by atoms with Gasteiger partial charge in [-0.25, -0.2) is 16.8 Å². The summed E-state index contributed by atoms with van der Waals surface area (Å²) in [5.74, 6) is 0. The summed E-state index contributed by atoms with van der Waals surface area (Å²) in [6.07, 6.45) is -4.79. The van der Waals surface area contributed by atoms with E-state index in [0.29, 0.717) is 6.07 Å². The van der Waals surface area contributed by atoms with Crippen LogP contribution in [0.4, 0.5) is 30.2 Å². The summed E-state index contributed by atoms with van der Waals surface area (Å²) >= 11 is 5.52. The van der Waals surface area contributed by atoms with Gasteiger partial charge in [0.2, 0.25) is 0 Å². The average Bonchev–Trinajstić information content (AvgIpc) is 2.74. The maximum atomic E-state index is 13.0. The predicted molar refractivity (Wildman–Crippen MR) is 118 cm³/mol. The van der Waals surface area contributed by atoms with Crippen molar-refractivity contribution < 1.29 is 34.9 Å². The zero-order chi connectivity index (χ0) is 25.3. The smallest absolute Gasteiger partial charge is 0.280 e. The topological polar surface area (TPSA) is 135 Å². The Hall–Kier alpha value is -3.36. The molecule has 0 aliphatic rings. The standard InChI is InChI=1S/C19H13ClF3N3O6S2/c20-18-10-3-13(11-17(18)19(21,22)23)25-34(31,32)15-6-1-12(2-7-15)24-33(29,30)16-8-4-14(5-9-16)26(27)28/h1-11,24-25H. The molecule has 2 N–H and O–H groups in total. The van der Waals surface area contributed by atoms with Crippen molar-refractivity contribution in [2.45, 2.75) is 16.0 Å². The molecule has 3 aromatic carbocycles. The van der Waals surface area contributed by atoms with E-state index in [1.165, 1.54) is 0 Å². The zero-order valence-corrected chi connectivity index (χ0v) is 19.0. The van der Waals surface area contributed by atoms with E-state index in [0.717, 1.165) is 60.7 Å². The number of hydrogen-bond acceptors (Lipinski definition) is 6. The summed E-state index contributed by atoms with van der Waals surface area (Å²) in [7, 11) is -8.45. The maximum absolute atomic E-state index is 13.0. The summed E-state index contributed by atoms with van der Waals surface area (Å²) < 4.78 is 93.1. The van der Waals surface area contributed by atoms with Gasteiger partial charge in [-0.1, -0.05) is 11.6 Å². The van der Waals surface area contributed by atoms with E-state index in [1.807, 2.05) is 4.72 Å². The number of hydrogen-bond donors (Lipinski definition) is 2. The van der Waals surface area contributed by atoms with E-state index < -0.39 is 41.7 Å². The first-order chi connectivity index (χ1) is 15.7. The van der Waals surface area contributed by atoms with Gasteiger partial charge >= 0.3 is 6.18 Å². The summed E-state index contributed by atoms with van der Waals surface area (Å²) in [6, 6.07) is 10.9. The van der Waals surface area contributed by atoms with Gasteiger partial charge in [-0.2, -0.15) is 13.2 Å².